The molecule has 2 aromatic heterocycles. The largest absolute Gasteiger partial charge is 0.453 e. The molecule has 0 bridgehead atoms. The summed E-state index contributed by atoms with van der Waals surface area (Å²) in [6.07, 6.45) is 2.76. The van der Waals surface area contributed by atoms with Gasteiger partial charge in [-0.25, -0.2) is 28.3 Å². The number of hydrogen-bond acceptors (Lipinski definition) is 8. The Kier molecular flexibility index (Phi) is 10.8. The van der Waals surface area contributed by atoms with Crippen LogP contribution in [-0.4, -0.2) is 87.2 Å². The zero-order chi connectivity index (χ0) is 42.5. The molecule has 60 heavy (non-hydrogen) atoms. The predicted molar refractivity (Wildman–Crippen MR) is 218 cm³/mol. The highest BCUT2D eigenvalue weighted by molar-refractivity contribution is 6.29. The molecule has 1 saturated heterocycles. The first-order chi connectivity index (χ1) is 28.7. The lowest BCUT2D eigenvalue weighted by Crippen LogP contribution is -2.51. The third kappa shape index (κ3) is 7.67. The van der Waals surface area contributed by atoms with E-state index in [2.05, 4.69) is 25.3 Å². The van der Waals surface area contributed by atoms with Crippen LogP contribution in [0.3, 0.4) is 0 Å². The monoisotopic (exact) mass is 840 g/mol. The van der Waals surface area contributed by atoms with Crippen LogP contribution in [0, 0.1) is 5.92 Å². The van der Waals surface area contributed by atoms with Gasteiger partial charge in [0.2, 0.25) is 11.8 Å². The summed E-state index contributed by atoms with van der Waals surface area (Å²) in [5, 5.41) is 5.26. The first-order valence-corrected chi connectivity index (χ1v) is 19.9. The van der Waals surface area contributed by atoms with Crippen LogP contribution >= 0.6 is 11.6 Å². The summed E-state index contributed by atoms with van der Waals surface area (Å²) in [5.41, 5.74) is 7.02. The SMILES string of the molecule is COC(=O)N[C@H]1CCc2cccc3c2N(C1=O)[C@H](c1ncc(-c2ccc(-c4ccc(-n5cc(Cl)nc5[C@@H]5CC(F)(F)CN5C(=O)[C@@H](NC(=O)OC)C(C)C)cc4)cc2)[nH]1)C3. The number of halogens is 3. The Hall–Kier alpha value is -6.29. The molecule has 0 radical (unpaired) electrons. The molecule has 4 amide bonds. The predicted octanol–water partition coefficient (Wildman–Crippen LogP) is 7.17. The highest BCUT2D eigenvalue weighted by Crippen LogP contribution is 2.45. The van der Waals surface area contributed by atoms with Crippen LogP contribution < -0.4 is 15.5 Å². The van der Waals surface area contributed by atoms with Crippen molar-refractivity contribution in [3.8, 4) is 28.1 Å². The highest BCUT2D eigenvalue weighted by atomic mass is 35.5. The molecular weight excluding hydrogens is 798 g/mol. The number of aromatic amines is 1. The molecule has 14 nitrogen and oxygen atoms in total. The van der Waals surface area contributed by atoms with Crippen LogP contribution in [-0.2, 0) is 31.9 Å². The molecule has 8 rings (SSSR count). The molecule has 5 aromatic rings. The second kappa shape index (κ2) is 16.0. The average Bonchev–Trinajstić information content (AvgIpc) is 4.03. The van der Waals surface area contributed by atoms with Gasteiger partial charge in [0.05, 0.1) is 50.4 Å². The van der Waals surface area contributed by atoms with E-state index in [1.54, 1.807) is 29.5 Å². The zero-order valence-corrected chi connectivity index (χ0v) is 34.0. The quantitative estimate of drug-likeness (QED) is 0.141. The van der Waals surface area contributed by atoms with E-state index >= 15 is 8.78 Å². The minimum Gasteiger partial charge on any atom is -0.453 e. The number of alkyl halides is 2. The molecule has 0 unspecified atom stereocenters. The lowest BCUT2D eigenvalue weighted by atomic mass is 10.0. The molecule has 1 fully saturated rings. The summed E-state index contributed by atoms with van der Waals surface area (Å²) in [5.74, 6) is -3.70. The Morgan fingerprint density at radius 1 is 0.933 bits per heavy atom. The Balaban J connectivity index is 1.00. The standard InChI is InChI=1S/C43H43ClF2N8O6/c1-23(2)35(51-42(58)60-4)40(56)53-22-43(45,46)19-33(53)38-50-34(44)21-52(38)29-15-12-25(13-16-29)24-8-10-26(11-9-24)31-20-47-37(48-31)32-18-28-7-5-6-27-14-17-30(49-41(57)59-3)39(55)54(32)36(27)28/h5-13,15-16,20-21,23,30,32-33,35H,14,17-19,22H2,1-4H3,(H,47,48)(H,49,57)(H,51,58)/t30-,32-,33-,35-/m0/s1. The van der Waals surface area contributed by atoms with Gasteiger partial charge >= 0.3 is 12.2 Å². The zero-order valence-electron chi connectivity index (χ0n) is 33.2. The minimum atomic E-state index is -3.20. The Labute approximate surface area is 349 Å². The van der Waals surface area contributed by atoms with Gasteiger partial charge in [0.1, 0.15) is 28.9 Å². The number of nitrogens with zero attached hydrogens (tertiary/aromatic N) is 5. The number of amides is 4. The summed E-state index contributed by atoms with van der Waals surface area (Å²) in [6, 6.07) is 18.0. The third-order valence-electron chi connectivity index (χ3n) is 11.4. The Bertz CT molecular complexity index is 2450. The number of imidazole rings is 2. The van der Waals surface area contributed by atoms with Crippen molar-refractivity contribution in [3.63, 3.8) is 0 Å². The van der Waals surface area contributed by atoms with Crippen LogP contribution in [0.2, 0.25) is 5.15 Å². The van der Waals surface area contributed by atoms with Gasteiger partial charge in [-0.2, -0.15) is 0 Å². The molecule has 5 heterocycles. The number of methoxy groups -OCH3 is 2. The summed E-state index contributed by atoms with van der Waals surface area (Å²) in [7, 11) is 2.43. The number of aromatic nitrogens is 4. The van der Waals surface area contributed by atoms with Crippen LogP contribution in [0.4, 0.5) is 24.1 Å². The van der Waals surface area contributed by atoms with Gasteiger partial charge < -0.3 is 34.6 Å². The van der Waals surface area contributed by atoms with Crippen molar-refractivity contribution in [1.82, 2.24) is 35.1 Å². The fraction of sp³-hybridized carbons (Fsp3) is 0.349. The number of nitrogens with one attached hydrogen (secondary N) is 3. The fourth-order valence-corrected chi connectivity index (χ4v) is 8.64. The van der Waals surface area contributed by atoms with Gasteiger partial charge in [0.15, 0.2) is 0 Å². The van der Waals surface area contributed by atoms with Crippen molar-refractivity contribution in [2.24, 2.45) is 5.92 Å². The number of rotatable bonds is 9. The lowest BCUT2D eigenvalue weighted by molar-refractivity contribution is -0.136. The van der Waals surface area contributed by atoms with E-state index in [-0.39, 0.29) is 22.9 Å². The van der Waals surface area contributed by atoms with Crippen molar-refractivity contribution < 1.29 is 37.4 Å². The smallest absolute Gasteiger partial charge is 0.407 e. The first kappa shape index (κ1) is 40.5. The van der Waals surface area contributed by atoms with E-state index in [0.717, 1.165) is 51.2 Å². The molecule has 3 aliphatic rings. The van der Waals surface area contributed by atoms with Crippen molar-refractivity contribution in [2.75, 3.05) is 25.7 Å². The van der Waals surface area contributed by atoms with Gasteiger partial charge in [-0.05, 0) is 58.7 Å². The van der Waals surface area contributed by atoms with Gasteiger partial charge in [0, 0.05) is 24.7 Å². The minimum absolute atomic E-state index is 0.0716. The molecule has 17 heteroatoms. The number of para-hydroxylation sites is 1. The normalized spacial score (nSPS) is 19.8. The number of likely N-dealkylation sites (tertiary alicyclic amines) is 1. The second-order valence-corrected chi connectivity index (χ2v) is 16.0. The fourth-order valence-electron chi connectivity index (χ4n) is 8.46. The maximum Gasteiger partial charge on any atom is 0.407 e. The molecule has 312 valence electrons. The number of carbonyl (C=O) groups is 4. The molecule has 4 atom stereocenters. The van der Waals surface area contributed by atoms with E-state index in [1.807, 2.05) is 66.7 Å². The van der Waals surface area contributed by atoms with Gasteiger partial charge in [-0.3, -0.25) is 14.5 Å². The van der Waals surface area contributed by atoms with E-state index in [1.165, 1.54) is 13.3 Å². The van der Waals surface area contributed by atoms with Crippen LogP contribution in [0.1, 0.15) is 61.5 Å². The topological polar surface area (TPSA) is 164 Å². The van der Waals surface area contributed by atoms with Crippen LogP contribution in [0.25, 0.3) is 28.1 Å². The number of benzene rings is 3. The van der Waals surface area contributed by atoms with Crippen LogP contribution in [0.15, 0.2) is 79.1 Å². The molecule has 0 spiro atoms. The van der Waals surface area contributed by atoms with E-state index < -0.39 is 61.0 Å². The maximum absolute atomic E-state index is 15.0. The summed E-state index contributed by atoms with van der Waals surface area (Å²) < 4.78 is 41.2. The molecule has 0 saturated carbocycles. The number of alkyl carbamates (subject to hydrolysis) is 2. The number of ether oxygens (including phenoxy) is 2. The molecule has 3 N–H and O–H groups in total. The molecule has 0 aliphatic carbocycles. The van der Waals surface area contributed by atoms with Crippen LogP contribution in [0.5, 0.6) is 0 Å². The Morgan fingerprint density at radius 3 is 2.28 bits per heavy atom. The molecule has 3 aromatic carbocycles. The van der Waals surface area contributed by atoms with E-state index in [0.29, 0.717) is 30.8 Å². The Morgan fingerprint density at radius 2 is 1.60 bits per heavy atom. The summed E-state index contributed by atoms with van der Waals surface area (Å²) >= 11 is 6.37. The number of anilines is 1. The number of carbonyl (C=O) groups excluding carboxylic acids is 4. The number of hydrogen-bond donors (Lipinski definition) is 3. The van der Waals surface area contributed by atoms with E-state index in [4.69, 9.17) is 21.3 Å². The third-order valence-corrected chi connectivity index (χ3v) is 11.6. The molecule has 3 aliphatic heterocycles. The molecular formula is C43H43ClF2N8O6. The first-order valence-electron chi connectivity index (χ1n) is 19.6. The average molecular weight is 841 g/mol. The lowest BCUT2D eigenvalue weighted by Gasteiger charge is -2.30. The van der Waals surface area contributed by atoms with Gasteiger partial charge in [-0.1, -0.05) is 80.0 Å². The number of H-pyrrole nitrogens is 1. The van der Waals surface area contributed by atoms with Crippen molar-refractivity contribution in [1.29, 1.82) is 0 Å². The van der Waals surface area contributed by atoms with Crippen molar-refractivity contribution in [2.45, 2.75) is 69.6 Å². The maximum atomic E-state index is 15.0. The van der Waals surface area contributed by atoms with Crippen molar-refractivity contribution >= 4 is 41.3 Å². The van der Waals surface area contributed by atoms with Crippen molar-refractivity contribution in [3.05, 3.63) is 107 Å². The second-order valence-electron chi connectivity index (χ2n) is 15.6. The summed E-state index contributed by atoms with van der Waals surface area (Å²) in [6.45, 7) is 2.57. The van der Waals surface area contributed by atoms with Gasteiger partial charge in [-0.15, -0.1) is 0 Å². The number of aryl methyl sites for hydroxylation is 1. The highest BCUT2D eigenvalue weighted by Gasteiger charge is 2.51. The summed E-state index contributed by atoms with van der Waals surface area (Å²) in [4.78, 5) is 67.2. The van der Waals surface area contributed by atoms with Gasteiger partial charge in [0.25, 0.3) is 5.92 Å². The van der Waals surface area contributed by atoms with E-state index in [9.17, 15) is 19.2 Å².